The molecular weight excluding hydrogens is 277 g/mol. The van der Waals surface area contributed by atoms with E-state index >= 15 is 0 Å². The molecule has 1 aliphatic heterocycles. The lowest BCUT2D eigenvalue weighted by Gasteiger charge is -2.21. The summed E-state index contributed by atoms with van der Waals surface area (Å²) in [4.78, 5) is 11.1. The summed E-state index contributed by atoms with van der Waals surface area (Å²) >= 11 is 6.18. The van der Waals surface area contributed by atoms with E-state index in [1.807, 2.05) is 0 Å². The number of anilines is 1. The van der Waals surface area contributed by atoms with Gasteiger partial charge in [0.25, 0.3) is 0 Å². The average Bonchev–Trinajstić information content (AvgIpc) is 2.87. The predicted molar refractivity (Wildman–Crippen MR) is 78.5 cm³/mol. The van der Waals surface area contributed by atoms with Gasteiger partial charge in [-0.15, -0.1) is 0 Å². The highest BCUT2D eigenvalue weighted by Crippen LogP contribution is 2.29. The largest absolute Gasteiger partial charge is 0.338 e. The fourth-order valence-electron chi connectivity index (χ4n) is 2.54. The van der Waals surface area contributed by atoms with Gasteiger partial charge in [0.15, 0.2) is 0 Å². The number of halogens is 2. The van der Waals surface area contributed by atoms with E-state index in [-0.39, 0.29) is 5.82 Å². The molecule has 2 heterocycles. The number of nitrogens with zero attached hydrogens (tertiary/aromatic N) is 3. The minimum absolute atomic E-state index is 0.271. The molecule has 0 amide bonds. The van der Waals surface area contributed by atoms with Crippen molar-refractivity contribution >= 4 is 17.5 Å². The summed E-state index contributed by atoms with van der Waals surface area (Å²) < 4.78 is 13.0. The van der Waals surface area contributed by atoms with Gasteiger partial charge in [0.05, 0.1) is 16.9 Å². The highest BCUT2D eigenvalue weighted by atomic mass is 35.5. The van der Waals surface area contributed by atoms with Crippen molar-refractivity contribution in [1.29, 1.82) is 0 Å². The van der Waals surface area contributed by atoms with Crippen LogP contribution in [-0.2, 0) is 0 Å². The molecule has 0 radical (unpaired) electrons. The van der Waals surface area contributed by atoms with Gasteiger partial charge in [-0.05, 0) is 44.0 Å². The highest BCUT2D eigenvalue weighted by Gasteiger charge is 2.23. The summed E-state index contributed by atoms with van der Waals surface area (Å²) in [6.07, 6.45) is 3.92. The van der Waals surface area contributed by atoms with Gasteiger partial charge >= 0.3 is 0 Å². The van der Waals surface area contributed by atoms with E-state index in [4.69, 9.17) is 11.6 Å². The van der Waals surface area contributed by atoms with Crippen molar-refractivity contribution in [3.05, 3.63) is 41.3 Å². The van der Waals surface area contributed by atoms with Crippen LogP contribution in [0.15, 0.2) is 30.5 Å². The molecule has 1 unspecified atom stereocenters. The number of hydrogen-bond donors (Lipinski definition) is 0. The average molecular weight is 292 g/mol. The van der Waals surface area contributed by atoms with Crippen molar-refractivity contribution in [2.45, 2.75) is 25.8 Å². The van der Waals surface area contributed by atoms with Gasteiger partial charge < -0.3 is 4.90 Å². The van der Waals surface area contributed by atoms with Crippen LogP contribution in [0, 0.1) is 5.82 Å². The SMILES string of the molecule is CC1CCCN1c1ncc(Cl)c(-c2ccc(F)cc2)n1. The van der Waals surface area contributed by atoms with Gasteiger partial charge in [0, 0.05) is 18.2 Å². The van der Waals surface area contributed by atoms with Crippen LogP contribution in [0.2, 0.25) is 5.02 Å². The Morgan fingerprint density at radius 2 is 2.05 bits per heavy atom. The molecule has 0 aliphatic carbocycles. The molecule has 2 aromatic rings. The zero-order valence-electron chi connectivity index (χ0n) is 11.2. The molecule has 0 bridgehead atoms. The Labute approximate surface area is 122 Å². The smallest absolute Gasteiger partial charge is 0.226 e. The van der Waals surface area contributed by atoms with E-state index in [1.54, 1.807) is 18.3 Å². The van der Waals surface area contributed by atoms with E-state index in [0.29, 0.717) is 22.7 Å². The Morgan fingerprint density at radius 3 is 2.70 bits per heavy atom. The number of aromatic nitrogens is 2. The van der Waals surface area contributed by atoms with Gasteiger partial charge in [-0.1, -0.05) is 11.6 Å². The molecule has 0 N–H and O–H groups in total. The molecule has 0 spiro atoms. The van der Waals surface area contributed by atoms with Crippen LogP contribution >= 0.6 is 11.6 Å². The topological polar surface area (TPSA) is 29.0 Å². The molecule has 1 aromatic carbocycles. The van der Waals surface area contributed by atoms with Crippen LogP contribution in [0.5, 0.6) is 0 Å². The van der Waals surface area contributed by atoms with Crippen LogP contribution in [0.1, 0.15) is 19.8 Å². The maximum Gasteiger partial charge on any atom is 0.226 e. The van der Waals surface area contributed by atoms with E-state index in [1.165, 1.54) is 12.1 Å². The van der Waals surface area contributed by atoms with Crippen molar-refractivity contribution in [3.63, 3.8) is 0 Å². The summed E-state index contributed by atoms with van der Waals surface area (Å²) in [5, 5.41) is 0.479. The molecule has 104 valence electrons. The number of benzene rings is 1. The normalized spacial score (nSPS) is 18.6. The molecular formula is C15H15ClFN3. The summed E-state index contributed by atoms with van der Waals surface area (Å²) in [5.74, 6) is 0.422. The minimum atomic E-state index is -0.271. The lowest BCUT2D eigenvalue weighted by Crippen LogP contribution is -2.28. The Balaban J connectivity index is 2.00. The first-order chi connectivity index (χ1) is 9.65. The zero-order valence-corrected chi connectivity index (χ0v) is 11.9. The van der Waals surface area contributed by atoms with E-state index in [2.05, 4.69) is 21.8 Å². The molecule has 1 fully saturated rings. The third-order valence-electron chi connectivity index (χ3n) is 3.66. The third-order valence-corrected chi connectivity index (χ3v) is 3.94. The van der Waals surface area contributed by atoms with Gasteiger partial charge in [0.2, 0.25) is 5.95 Å². The van der Waals surface area contributed by atoms with Crippen molar-refractivity contribution in [1.82, 2.24) is 9.97 Å². The Morgan fingerprint density at radius 1 is 1.30 bits per heavy atom. The van der Waals surface area contributed by atoms with Crippen molar-refractivity contribution in [2.75, 3.05) is 11.4 Å². The lowest BCUT2D eigenvalue weighted by molar-refractivity contribution is 0.628. The molecule has 1 saturated heterocycles. The Kier molecular flexibility index (Phi) is 3.57. The summed E-state index contributed by atoms with van der Waals surface area (Å²) in [6, 6.07) is 6.62. The molecule has 1 atom stereocenters. The zero-order chi connectivity index (χ0) is 14.1. The van der Waals surface area contributed by atoms with Gasteiger partial charge in [-0.2, -0.15) is 0 Å². The van der Waals surface area contributed by atoms with Crippen molar-refractivity contribution in [2.24, 2.45) is 0 Å². The molecule has 3 nitrogen and oxygen atoms in total. The Hall–Kier alpha value is -1.68. The number of hydrogen-bond acceptors (Lipinski definition) is 3. The van der Waals surface area contributed by atoms with Gasteiger partial charge in [-0.25, -0.2) is 14.4 Å². The maximum atomic E-state index is 13.0. The van der Waals surface area contributed by atoms with E-state index in [9.17, 15) is 4.39 Å². The molecule has 5 heteroatoms. The first kappa shape index (κ1) is 13.3. The molecule has 20 heavy (non-hydrogen) atoms. The monoisotopic (exact) mass is 291 g/mol. The number of rotatable bonds is 2. The summed E-state index contributed by atoms with van der Waals surface area (Å²) in [5.41, 5.74) is 1.45. The third kappa shape index (κ3) is 2.48. The fraction of sp³-hybridized carbons (Fsp3) is 0.333. The van der Waals surface area contributed by atoms with Crippen molar-refractivity contribution < 1.29 is 4.39 Å². The summed E-state index contributed by atoms with van der Waals surface area (Å²) in [6.45, 7) is 3.13. The first-order valence-corrected chi connectivity index (χ1v) is 7.08. The van der Waals surface area contributed by atoms with Crippen LogP contribution in [0.4, 0.5) is 10.3 Å². The standard InChI is InChI=1S/C15H15ClFN3/c1-10-3-2-8-20(10)15-18-9-13(16)14(19-15)11-4-6-12(17)7-5-11/h4-7,9-10H,2-3,8H2,1H3. The van der Waals surface area contributed by atoms with Crippen molar-refractivity contribution in [3.8, 4) is 11.3 Å². The minimum Gasteiger partial charge on any atom is -0.338 e. The summed E-state index contributed by atoms with van der Waals surface area (Å²) in [7, 11) is 0. The highest BCUT2D eigenvalue weighted by molar-refractivity contribution is 6.32. The lowest BCUT2D eigenvalue weighted by atomic mass is 10.1. The van der Waals surface area contributed by atoms with Crippen LogP contribution in [0.3, 0.4) is 0 Å². The second-order valence-electron chi connectivity index (χ2n) is 5.06. The molecule has 0 saturated carbocycles. The van der Waals surface area contributed by atoms with Crippen LogP contribution in [-0.4, -0.2) is 22.6 Å². The Bertz CT molecular complexity index is 615. The fourth-order valence-corrected chi connectivity index (χ4v) is 2.74. The van der Waals surface area contributed by atoms with Gasteiger partial charge in [-0.3, -0.25) is 0 Å². The second kappa shape index (κ2) is 5.37. The van der Waals surface area contributed by atoms with E-state index in [0.717, 1.165) is 24.9 Å². The molecule has 3 rings (SSSR count). The maximum absolute atomic E-state index is 13.0. The molecule has 1 aromatic heterocycles. The first-order valence-electron chi connectivity index (χ1n) is 6.70. The van der Waals surface area contributed by atoms with Gasteiger partial charge in [0.1, 0.15) is 5.82 Å². The predicted octanol–water partition coefficient (Wildman–Crippen LogP) is 3.92. The van der Waals surface area contributed by atoms with E-state index < -0.39 is 0 Å². The second-order valence-corrected chi connectivity index (χ2v) is 5.47. The van der Waals surface area contributed by atoms with Crippen LogP contribution in [0.25, 0.3) is 11.3 Å². The van der Waals surface area contributed by atoms with Crippen LogP contribution < -0.4 is 4.90 Å². The quantitative estimate of drug-likeness (QED) is 0.839. The molecule has 1 aliphatic rings.